The number of benzene rings is 1. The van der Waals surface area contributed by atoms with E-state index in [0.29, 0.717) is 0 Å². The van der Waals surface area contributed by atoms with E-state index in [0.717, 1.165) is 24.3 Å². The van der Waals surface area contributed by atoms with Crippen LogP contribution in [0.1, 0.15) is 10.8 Å². The molecule has 0 bridgehead atoms. The lowest BCUT2D eigenvalue weighted by Gasteiger charge is -2.12. The molecule has 0 radical (unpaired) electrons. The van der Waals surface area contributed by atoms with Crippen LogP contribution in [0, 0.1) is 10.1 Å². The van der Waals surface area contributed by atoms with Crippen molar-refractivity contribution in [3.8, 4) is 0 Å². The van der Waals surface area contributed by atoms with Gasteiger partial charge in [-0.1, -0.05) is 12.1 Å². The number of nitro benzene ring substituents is 1. The topological polar surface area (TPSA) is 152 Å². The van der Waals surface area contributed by atoms with E-state index in [9.17, 15) is 26.9 Å². The Morgan fingerprint density at radius 2 is 1.58 bits per heavy atom. The minimum Gasteiger partial charge on any atom is -0.285 e. The molecule has 9 nitrogen and oxygen atoms in total. The Morgan fingerprint density at radius 1 is 1.11 bits per heavy atom. The molecule has 2 N–H and O–H groups in total. The van der Waals surface area contributed by atoms with Crippen LogP contribution in [0.15, 0.2) is 24.3 Å². The minimum absolute atomic E-state index is 0.189. The summed E-state index contributed by atoms with van der Waals surface area (Å²) < 4.78 is 61.1. The Labute approximate surface area is 108 Å². The maximum atomic E-state index is 11.1. The molecule has 1 aromatic carbocycles. The van der Waals surface area contributed by atoms with Crippen LogP contribution in [0.3, 0.4) is 0 Å². The van der Waals surface area contributed by atoms with Gasteiger partial charge in [-0.2, -0.15) is 16.8 Å². The maximum absolute atomic E-state index is 11.1. The summed E-state index contributed by atoms with van der Waals surface area (Å²) in [5, 5.41) is 8.50. The number of hydrogen-bond acceptors (Lipinski definition) is 6. The van der Waals surface area contributed by atoms with Gasteiger partial charge in [0, 0.05) is 12.1 Å². The summed E-state index contributed by atoms with van der Waals surface area (Å²) in [6, 6.07) is 3.89. The molecule has 0 saturated heterocycles. The largest absolute Gasteiger partial charge is 0.285 e. The fraction of sp³-hybridized carbons (Fsp3) is 0.250. The maximum Gasteiger partial charge on any atom is 0.273 e. The van der Waals surface area contributed by atoms with E-state index in [2.05, 4.69) is 0 Å². The van der Waals surface area contributed by atoms with Gasteiger partial charge >= 0.3 is 0 Å². The lowest BCUT2D eigenvalue weighted by atomic mass is 10.1. The molecule has 0 saturated carbocycles. The van der Waals surface area contributed by atoms with Crippen molar-refractivity contribution in [2.45, 2.75) is 5.25 Å². The van der Waals surface area contributed by atoms with E-state index >= 15 is 0 Å². The van der Waals surface area contributed by atoms with Gasteiger partial charge in [0.05, 0.1) is 10.7 Å². The molecule has 1 aromatic rings. The second-order valence-corrected chi connectivity index (χ2v) is 6.70. The molecule has 19 heavy (non-hydrogen) atoms. The van der Waals surface area contributed by atoms with Crippen LogP contribution in [0.4, 0.5) is 5.69 Å². The second kappa shape index (κ2) is 5.21. The third-order valence-corrected chi connectivity index (χ3v) is 4.32. The SMILES string of the molecule is O=[N+]([O-])c1ccc(C(CS(=O)(=O)O)S(=O)(=O)O)cc1. The number of rotatable bonds is 5. The highest BCUT2D eigenvalue weighted by atomic mass is 32.2. The van der Waals surface area contributed by atoms with Crippen LogP contribution in [-0.4, -0.2) is 36.6 Å². The van der Waals surface area contributed by atoms with Crippen LogP contribution in [0.5, 0.6) is 0 Å². The summed E-state index contributed by atoms with van der Waals surface area (Å²) in [6.07, 6.45) is 0. The Hall–Kier alpha value is -1.56. The average Bonchev–Trinajstić information content (AvgIpc) is 2.23. The molecule has 0 aromatic heterocycles. The fourth-order valence-electron chi connectivity index (χ4n) is 1.36. The normalized spacial score (nSPS) is 14.0. The predicted molar refractivity (Wildman–Crippen MR) is 63.8 cm³/mol. The molecule has 106 valence electrons. The van der Waals surface area contributed by atoms with Gasteiger partial charge in [0.15, 0.2) is 0 Å². The predicted octanol–water partition coefficient (Wildman–Crippen LogP) is 0.411. The Bertz CT molecular complexity index is 676. The highest BCUT2D eigenvalue weighted by Crippen LogP contribution is 2.25. The molecule has 0 aliphatic heterocycles. The van der Waals surface area contributed by atoms with E-state index in [1.165, 1.54) is 0 Å². The molecule has 0 aliphatic carbocycles. The van der Waals surface area contributed by atoms with Gasteiger partial charge in [0.1, 0.15) is 5.25 Å². The summed E-state index contributed by atoms with van der Waals surface area (Å²) in [6.45, 7) is 0. The van der Waals surface area contributed by atoms with Crippen molar-refractivity contribution in [2.24, 2.45) is 0 Å². The summed E-state index contributed by atoms with van der Waals surface area (Å²) in [5.74, 6) is -1.25. The molecule has 0 spiro atoms. The van der Waals surface area contributed by atoms with Gasteiger partial charge in [-0.15, -0.1) is 0 Å². The number of nitro groups is 1. The van der Waals surface area contributed by atoms with Crippen LogP contribution in [-0.2, 0) is 20.2 Å². The highest BCUT2D eigenvalue weighted by molar-refractivity contribution is 7.89. The number of non-ortho nitro benzene ring substituents is 1. The van der Waals surface area contributed by atoms with E-state index in [1.54, 1.807) is 0 Å². The molecular formula is C8H9NO8S2. The van der Waals surface area contributed by atoms with E-state index in [-0.39, 0.29) is 11.3 Å². The Kier molecular flexibility index (Phi) is 4.25. The van der Waals surface area contributed by atoms with E-state index in [1.807, 2.05) is 0 Å². The van der Waals surface area contributed by atoms with Crippen molar-refractivity contribution in [3.05, 3.63) is 39.9 Å². The summed E-state index contributed by atoms with van der Waals surface area (Å²) >= 11 is 0. The van der Waals surface area contributed by atoms with Crippen LogP contribution in [0.2, 0.25) is 0 Å². The van der Waals surface area contributed by atoms with Crippen LogP contribution >= 0.6 is 0 Å². The molecule has 1 unspecified atom stereocenters. The molecule has 0 aliphatic rings. The summed E-state index contributed by atoms with van der Waals surface area (Å²) in [4.78, 5) is 9.68. The second-order valence-electron chi connectivity index (χ2n) is 3.60. The average molecular weight is 311 g/mol. The first-order chi connectivity index (χ1) is 8.50. The first-order valence-electron chi connectivity index (χ1n) is 4.66. The van der Waals surface area contributed by atoms with Gasteiger partial charge in [-0.05, 0) is 5.56 Å². The van der Waals surface area contributed by atoms with Crippen molar-refractivity contribution in [3.63, 3.8) is 0 Å². The molecule has 1 atom stereocenters. The highest BCUT2D eigenvalue weighted by Gasteiger charge is 2.30. The lowest BCUT2D eigenvalue weighted by Crippen LogP contribution is -2.21. The zero-order chi connectivity index (χ0) is 14.8. The van der Waals surface area contributed by atoms with E-state index in [4.69, 9.17) is 9.11 Å². The fourth-order valence-corrected chi connectivity index (χ4v) is 3.64. The number of hydrogen-bond donors (Lipinski definition) is 2. The standard InChI is InChI=1S/C8H9NO8S2/c10-9(11)7-3-1-6(2-4-7)8(19(15,16)17)5-18(12,13)14/h1-4,8H,5H2,(H,12,13,14)(H,15,16,17). The van der Waals surface area contributed by atoms with Gasteiger partial charge in [0.25, 0.3) is 25.9 Å². The molecule has 0 fully saturated rings. The van der Waals surface area contributed by atoms with Gasteiger partial charge in [0.2, 0.25) is 0 Å². The van der Waals surface area contributed by atoms with Gasteiger partial charge in [-0.3, -0.25) is 19.2 Å². The van der Waals surface area contributed by atoms with Gasteiger partial charge < -0.3 is 0 Å². The van der Waals surface area contributed by atoms with Crippen LogP contribution in [0.25, 0.3) is 0 Å². The Balaban J connectivity index is 3.23. The summed E-state index contributed by atoms with van der Waals surface area (Å²) in [7, 11) is -9.45. The van der Waals surface area contributed by atoms with Crippen molar-refractivity contribution in [2.75, 3.05) is 5.75 Å². The summed E-state index contributed by atoms with van der Waals surface area (Å²) in [5.41, 5.74) is -0.518. The molecule has 0 heterocycles. The van der Waals surface area contributed by atoms with Crippen molar-refractivity contribution < 1.29 is 30.9 Å². The Morgan fingerprint density at radius 3 is 1.89 bits per heavy atom. The molecule has 11 heteroatoms. The third-order valence-electron chi connectivity index (χ3n) is 2.20. The monoisotopic (exact) mass is 311 g/mol. The van der Waals surface area contributed by atoms with Crippen molar-refractivity contribution >= 4 is 25.9 Å². The number of nitrogens with zero attached hydrogens (tertiary/aromatic N) is 1. The quantitative estimate of drug-likeness (QED) is 0.450. The lowest BCUT2D eigenvalue weighted by molar-refractivity contribution is -0.384. The zero-order valence-corrected chi connectivity index (χ0v) is 10.8. The molecule has 0 amide bonds. The molecular weight excluding hydrogens is 302 g/mol. The first-order valence-corrected chi connectivity index (χ1v) is 7.78. The van der Waals surface area contributed by atoms with Crippen LogP contribution < -0.4 is 0 Å². The molecule has 1 rings (SSSR count). The smallest absolute Gasteiger partial charge is 0.273 e. The van der Waals surface area contributed by atoms with Crippen molar-refractivity contribution in [1.82, 2.24) is 0 Å². The third kappa shape index (κ3) is 4.55. The van der Waals surface area contributed by atoms with Gasteiger partial charge in [-0.25, -0.2) is 0 Å². The zero-order valence-electron chi connectivity index (χ0n) is 9.20. The van der Waals surface area contributed by atoms with E-state index < -0.39 is 36.2 Å². The first kappa shape index (κ1) is 15.5. The minimum atomic E-state index is -4.79. The van der Waals surface area contributed by atoms with Crippen molar-refractivity contribution in [1.29, 1.82) is 0 Å².